The van der Waals surface area contributed by atoms with E-state index in [4.69, 9.17) is 5.53 Å². The predicted molar refractivity (Wildman–Crippen MR) is 49.9 cm³/mol. The van der Waals surface area contributed by atoms with Crippen LogP contribution in [0.1, 0.15) is 27.6 Å². The Morgan fingerprint density at radius 2 is 1.86 bits per heavy atom. The van der Waals surface area contributed by atoms with Gasteiger partial charge < -0.3 is 0 Å². The summed E-state index contributed by atoms with van der Waals surface area (Å²) in [6, 6.07) is 6.21. The molecule has 0 fully saturated rings. The molecule has 0 spiro atoms. The first-order chi connectivity index (χ1) is 6.66. The Balaban J connectivity index is 3.26. The van der Waals surface area contributed by atoms with Gasteiger partial charge in [-0.05, 0) is 17.6 Å². The highest BCUT2D eigenvalue weighted by atomic mass is 16.2. The van der Waals surface area contributed by atoms with Gasteiger partial charge in [-0.1, -0.05) is 24.3 Å². The standard InChI is InChI=1S/C9H7N3O2/c1-6(13)7-4-2-3-5-8(7)9(14)11-12-10/h2-5H,1H3. The maximum atomic E-state index is 11.2. The minimum Gasteiger partial charge on any atom is -0.294 e. The summed E-state index contributed by atoms with van der Waals surface area (Å²) in [4.78, 5) is 24.7. The van der Waals surface area contributed by atoms with Crippen molar-refractivity contribution in [1.29, 1.82) is 0 Å². The van der Waals surface area contributed by atoms with Crippen molar-refractivity contribution in [1.82, 2.24) is 0 Å². The van der Waals surface area contributed by atoms with Crippen molar-refractivity contribution in [3.8, 4) is 0 Å². The van der Waals surface area contributed by atoms with Crippen molar-refractivity contribution in [3.05, 3.63) is 45.8 Å². The van der Waals surface area contributed by atoms with Crippen LogP contribution < -0.4 is 0 Å². The van der Waals surface area contributed by atoms with E-state index in [-0.39, 0.29) is 16.9 Å². The number of Topliss-reactive ketones (excluding diaryl/α,β-unsaturated/α-hetero) is 1. The van der Waals surface area contributed by atoms with Crippen LogP contribution in [0.3, 0.4) is 0 Å². The number of hydrogen-bond donors (Lipinski definition) is 0. The van der Waals surface area contributed by atoms with Crippen molar-refractivity contribution in [2.45, 2.75) is 6.92 Å². The van der Waals surface area contributed by atoms with Crippen LogP contribution in [-0.2, 0) is 0 Å². The van der Waals surface area contributed by atoms with Gasteiger partial charge in [-0.2, -0.15) is 0 Å². The lowest BCUT2D eigenvalue weighted by Crippen LogP contribution is -2.03. The molecular weight excluding hydrogens is 182 g/mol. The van der Waals surface area contributed by atoms with Crippen LogP contribution in [0.5, 0.6) is 0 Å². The molecule has 0 N–H and O–H groups in total. The van der Waals surface area contributed by atoms with Crippen LogP contribution in [0.25, 0.3) is 10.4 Å². The summed E-state index contributed by atoms with van der Waals surface area (Å²) in [5.74, 6) is -0.972. The zero-order valence-electron chi connectivity index (χ0n) is 7.47. The number of ketones is 1. The molecule has 5 nitrogen and oxygen atoms in total. The highest BCUT2D eigenvalue weighted by Gasteiger charge is 2.11. The first kappa shape index (κ1) is 9.95. The number of amides is 1. The van der Waals surface area contributed by atoms with E-state index in [1.807, 2.05) is 0 Å². The molecule has 0 saturated heterocycles. The molecule has 0 aliphatic rings. The number of carbonyl (C=O) groups is 2. The molecule has 0 heterocycles. The largest absolute Gasteiger partial charge is 0.294 e. The van der Waals surface area contributed by atoms with Crippen LogP contribution in [0.2, 0.25) is 0 Å². The van der Waals surface area contributed by atoms with Gasteiger partial charge in [-0.25, -0.2) is 0 Å². The Morgan fingerprint density at radius 1 is 1.29 bits per heavy atom. The van der Waals surface area contributed by atoms with E-state index in [1.165, 1.54) is 19.1 Å². The molecule has 70 valence electrons. The zero-order chi connectivity index (χ0) is 10.6. The third-order valence-corrected chi connectivity index (χ3v) is 1.67. The number of benzene rings is 1. The number of carbonyl (C=O) groups excluding carboxylic acids is 2. The Labute approximate surface area is 80.0 Å². The van der Waals surface area contributed by atoms with Crippen LogP contribution in [0.4, 0.5) is 0 Å². The van der Waals surface area contributed by atoms with Crippen molar-refractivity contribution in [2.24, 2.45) is 5.11 Å². The van der Waals surface area contributed by atoms with E-state index >= 15 is 0 Å². The summed E-state index contributed by atoms with van der Waals surface area (Å²) in [7, 11) is 0. The molecule has 0 saturated carbocycles. The molecule has 0 radical (unpaired) electrons. The quantitative estimate of drug-likeness (QED) is 0.309. The summed E-state index contributed by atoms with van der Waals surface area (Å²) in [5, 5.41) is 2.93. The summed E-state index contributed by atoms with van der Waals surface area (Å²) in [5.41, 5.74) is 8.49. The maximum Gasteiger partial charge on any atom is 0.249 e. The lowest BCUT2D eigenvalue weighted by atomic mass is 10.0. The van der Waals surface area contributed by atoms with Crippen LogP contribution in [0, 0.1) is 0 Å². The van der Waals surface area contributed by atoms with Crippen molar-refractivity contribution >= 4 is 11.7 Å². The van der Waals surface area contributed by atoms with Gasteiger partial charge in [0, 0.05) is 16.0 Å². The number of azide groups is 1. The highest BCUT2D eigenvalue weighted by Crippen LogP contribution is 2.10. The van der Waals surface area contributed by atoms with Gasteiger partial charge in [0.1, 0.15) is 0 Å². The predicted octanol–water partition coefficient (Wildman–Crippen LogP) is 2.34. The fraction of sp³-hybridized carbons (Fsp3) is 0.111. The molecule has 0 bridgehead atoms. The minimum absolute atomic E-state index is 0.137. The lowest BCUT2D eigenvalue weighted by molar-refractivity contribution is 0.0973. The Hall–Kier alpha value is -2.13. The number of hydrogen-bond acceptors (Lipinski definition) is 2. The Morgan fingerprint density at radius 3 is 2.36 bits per heavy atom. The molecule has 1 aromatic carbocycles. The first-order valence-corrected chi connectivity index (χ1v) is 3.86. The topological polar surface area (TPSA) is 82.9 Å². The van der Waals surface area contributed by atoms with E-state index in [1.54, 1.807) is 12.1 Å². The monoisotopic (exact) mass is 189 g/mol. The van der Waals surface area contributed by atoms with Crippen molar-refractivity contribution < 1.29 is 9.59 Å². The van der Waals surface area contributed by atoms with Crippen molar-refractivity contribution in [2.75, 3.05) is 0 Å². The molecule has 0 atom stereocenters. The molecule has 0 aliphatic heterocycles. The average molecular weight is 189 g/mol. The summed E-state index contributed by atoms with van der Waals surface area (Å²) in [6.45, 7) is 1.35. The second kappa shape index (κ2) is 4.20. The molecule has 0 aromatic heterocycles. The second-order valence-corrected chi connectivity index (χ2v) is 2.60. The molecular formula is C9H7N3O2. The lowest BCUT2D eigenvalue weighted by Gasteiger charge is -2.00. The Kier molecular flexibility index (Phi) is 2.99. The maximum absolute atomic E-state index is 11.2. The van der Waals surface area contributed by atoms with Gasteiger partial charge in [-0.3, -0.25) is 9.59 Å². The fourth-order valence-electron chi connectivity index (χ4n) is 1.07. The molecule has 1 rings (SSSR count). The third kappa shape index (κ3) is 1.97. The van der Waals surface area contributed by atoms with E-state index in [9.17, 15) is 9.59 Å². The van der Waals surface area contributed by atoms with Gasteiger partial charge in [-0.15, -0.1) is 0 Å². The first-order valence-electron chi connectivity index (χ1n) is 3.86. The van der Waals surface area contributed by atoms with Crippen LogP contribution in [-0.4, -0.2) is 11.7 Å². The summed E-state index contributed by atoms with van der Waals surface area (Å²) >= 11 is 0. The van der Waals surface area contributed by atoms with Crippen molar-refractivity contribution in [3.63, 3.8) is 0 Å². The van der Waals surface area contributed by atoms with Crippen LogP contribution >= 0.6 is 0 Å². The summed E-state index contributed by atoms with van der Waals surface area (Å²) < 4.78 is 0. The molecule has 5 heteroatoms. The van der Waals surface area contributed by atoms with Gasteiger partial charge in [0.05, 0.1) is 0 Å². The second-order valence-electron chi connectivity index (χ2n) is 2.60. The molecule has 14 heavy (non-hydrogen) atoms. The molecule has 1 aromatic rings. The molecule has 0 unspecified atom stereocenters. The van der Waals surface area contributed by atoms with Gasteiger partial charge in [0.25, 0.3) is 0 Å². The zero-order valence-corrected chi connectivity index (χ0v) is 7.47. The smallest absolute Gasteiger partial charge is 0.249 e. The highest BCUT2D eigenvalue weighted by molar-refractivity contribution is 6.07. The van der Waals surface area contributed by atoms with E-state index in [2.05, 4.69) is 10.0 Å². The molecule has 1 amide bonds. The van der Waals surface area contributed by atoms with Crippen LogP contribution in [0.15, 0.2) is 29.4 Å². The normalized spacial score (nSPS) is 8.93. The minimum atomic E-state index is -0.738. The molecule has 0 aliphatic carbocycles. The third-order valence-electron chi connectivity index (χ3n) is 1.67. The fourth-order valence-corrected chi connectivity index (χ4v) is 1.07. The SMILES string of the molecule is CC(=O)c1ccccc1C(=O)N=[N+]=[N-]. The van der Waals surface area contributed by atoms with Gasteiger partial charge in [0.15, 0.2) is 5.78 Å². The van der Waals surface area contributed by atoms with E-state index in [0.29, 0.717) is 0 Å². The number of rotatable bonds is 2. The van der Waals surface area contributed by atoms with E-state index < -0.39 is 5.91 Å². The van der Waals surface area contributed by atoms with E-state index in [0.717, 1.165) is 0 Å². The Bertz CT molecular complexity index is 433. The number of nitrogens with zero attached hydrogens (tertiary/aromatic N) is 3. The summed E-state index contributed by atoms with van der Waals surface area (Å²) in [6.07, 6.45) is 0. The average Bonchev–Trinajstić information content (AvgIpc) is 2.18. The van der Waals surface area contributed by atoms with Gasteiger partial charge >= 0.3 is 0 Å². The van der Waals surface area contributed by atoms with Gasteiger partial charge in [0.2, 0.25) is 5.91 Å².